The molecule has 0 unspecified atom stereocenters. The first-order valence-corrected chi connectivity index (χ1v) is 7.40. The molecule has 1 saturated carbocycles. The summed E-state index contributed by atoms with van der Waals surface area (Å²) in [5.74, 6) is -1.29. The first-order valence-electron chi connectivity index (χ1n) is 7.40. The summed E-state index contributed by atoms with van der Waals surface area (Å²) in [5, 5.41) is 0.840. The van der Waals surface area contributed by atoms with Gasteiger partial charge >= 0.3 is 5.97 Å². The molecule has 0 aromatic carbocycles. The summed E-state index contributed by atoms with van der Waals surface area (Å²) in [4.78, 5) is 43.8. The van der Waals surface area contributed by atoms with E-state index >= 15 is 0 Å². The number of hydrazine groups is 1. The molecule has 1 aliphatic heterocycles. The molecule has 0 radical (unpaired) electrons. The highest BCUT2D eigenvalue weighted by molar-refractivity contribution is 6.16. The van der Waals surface area contributed by atoms with E-state index in [-0.39, 0.29) is 12.1 Å². The van der Waals surface area contributed by atoms with Gasteiger partial charge in [0.25, 0.3) is 11.8 Å². The number of ether oxygens (including phenoxy) is 1. The predicted molar refractivity (Wildman–Crippen MR) is 79.1 cm³/mol. The molecule has 8 nitrogen and oxygen atoms in total. The molecule has 1 fully saturated rings. The third kappa shape index (κ3) is 3.05. The Balaban J connectivity index is 1.77. The number of anilines is 1. The van der Waals surface area contributed by atoms with Crippen LogP contribution in [0.25, 0.3) is 0 Å². The zero-order valence-corrected chi connectivity index (χ0v) is 12.8. The molecule has 3 rings (SSSR count). The molecular weight excluding hydrogens is 300 g/mol. The van der Waals surface area contributed by atoms with E-state index in [2.05, 4.69) is 15.4 Å². The Labute approximate surface area is 132 Å². The number of nitrogens with one attached hydrogen (secondary N) is 1. The van der Waals surface area contributed by atoms with Gasteiger partial charge in [0.1, 0.15) is 6.10 Å². The van der Waals surface area contributed by atoms with Gasteiger partial charge in [-0.25, -0.2) is 14.8 Å². The molecule has 8 heteroatoms. The number of hydrogen-bond acceptors (Lipinski definition) is 7. The van der Waals surface area contributed by atoms with Crippen LogP contribution < -0.4 is 5.43 Å². The maximum Gasteiger partial charge on any atom is 0.341 e. The number of esters is 1. The van der Waals surface area contributed by atoms with Crippen LogP contribution in [0.5, 0.6) is 0 Å². The summed E-state index contributed by atoms with van der Waals surface area (Å²) in [7, 11) is 0. The largest absolute Gasteiger partial charge is 0.459 e. The van der Waals surface area contributed by atoms with Crippen LogP contribution in [0.15, 0.2) is 17.8 Å². The van der Waals surface area contributed by atoms with Crippen LogP contribution in [0.1, 0.15) is 42.7 Å². The van der Waals surface area contributed by atoms with Gasteiger partial charge in [-0.15, -0.1) is 0 Å². The smallest absolute Gasteiger partial charge is 0.341 e. The standard InChI is InChI=1S/C15H16N4O4/c1-3-11-10(14(22)23-9-4-5-9)7-16-15(17-11)18-19-12(20)6-8(2)13(19)21/h6-7,9H,3-5H2,1-2H3,(H,16,17,18). The second-order valence-electron chi connectivity index (χ2n) is 5.43. The maximum atomic E-state index is 12.0. The number of hydrogen-bond donors (Lipinski definition) is 1. The van der Waals surface area contributed by atoms with Crippen LogP contribution in [0.4, 0.5) is 5.95 Å². The predicted octanol–water partition coefficient (Wildman–Crippen LogP) is 1.00. The van der Waals surface area contributed by atoms with Crippen LogP contribution in [-0.2, 0) is 20.7 Å². The monoisotopic (exact) mass is 316 g/mol. The molecule has 1 N–H and O–H groups in total. The van der Waals surface area contributed by atoms with E-state index in [4.69, 9.17) is 4.74 Å². The van der Waals surface area contributed by atoms with E-state index in [0.717, 1.165) is 17.9 Å². The molecule has 2 heterocycles. The van der Waals surface area contributed by atoms with Gasteiger partial charge < -0.3 is 4.74 Å². The van der Waals surface area contributed by atoms with Crippen molar-refractivity contribution in [3.05, 3.63) is 29.1 Å². The summed E-state index contributed by atoms with van der Waals surface area (Å²) in [6, 6.07) is 0. The number of aromatic nitrogens is 2. The molecule has 1 aromatic rings. The fraction of sp³-hybridized carbons (Fsp3) is 0.400. The molecule has 0 atom stereocenters. The van der Waals surface area contributed by atoms with Crippen molar-refractivity contribution in [2.24, 2.45) is 0 Å². The van der Waals surface area contributed by atoms with Crippen LogP contribution in [0, 0.1) is 0 Å². The fourth-order valence-corrected chi connectivity index (χ4v) is 2.11. The number of carbonyl (C=O) groups excluding carboxylic acids is 3. The van der Waals surface area contributed by atoms with Crippen molar-refractivity contribution < 1.29 is 19.1 Å². The Bertz CT molecular complexity index is 724. The van der Waals surface area contributed by atoms with Crippen molar-refractivity contribution in [2.45, 2.75) is 39.2 Å². The Morgan fingerprint density at radius 1 is 1.43 bits per heavy atom. The van der Waals surface area contributed by atoms with Crippen molar-refractivity contribution >= 4 is 23.7 Å². The first kappa shape index (κ1) is 15.1. The third-order valence-electron chi connectivity index (χ3n) is 3.53. The number of aryl methyl sites for hydroxylation is 1. The minimum Gasteiger partial charge on any atom is -0.459 e. The van der Waals surface area contributed by atoms with E-state index in [1.165, 1.54) is 12.3 Å². The average molecular weight is 316 g/mol. The molecule has 0 saturated heterocycles. The van der Waals surface area contributed by atoms with E-state index in [0.29, 0.717) is 23.3 Å². The molecule has 2 amide bonds. The minimum absolute atomic E-state index is 0.00102. The third-order valence-corrected chi connectivity index (χ3v) is 3.53. The number of rotatable bonds is 5. The fourth-order valence-electron chi connectivity index (χ4n) is 2.11. The average Bonchev–Trinajstić information content (AvgIpc) is 3.31. The van der Waals surface area contributed by atoms with E-state index < -0.39 is 17.8 Å². The molecule has 0 bridgehead atoms. The Hall–Kier alpha value is -2.77. The van der Waals surface area contributed by atoms with Crippen molar-refractivity contribution in [3.8, 4) is 0 Å². The number of amides is 2. The quantitative estimate of drug-likeness (QED) is 0.638. The molecule has 2 aliphatic rings. The minimum atomic E-state index is -0.480. The lowest BCUT2D eigenvalue weighted by atomic mass is 10.2. The second-order valence-corrected chi connectivity index (χ2v) is 5.43. The zero-order chi connectivity index (χ0) is 16.6. The van der Waals surface area contributed by atoms with Crippen LogP contribution in [-0.4, -0.2) is 38.9 Å². The van der Waals surface area contributed by atoms with Gasteiger partial charge in [0.15, 0.2) is 0 Å². The van der Waals surface area contributed by atoms with Crippen molar-refractivity contribution in [1.29, 1.82) is 0 Å². The van der Waals surface area contributed by atoms with Crippen molar-refractivity contribution in [3.63, 3.8) is 0 Å². The van der Waals surface area contributed by atoms with Crippen LogP contribution in [0.2, 0.25) is 0 Å². The molecule has 1 aliphatic carbocycles. The molecule has 1 aromatic heterocycles. The lowest BCUT2D eigenvalue weighted by molar-refractivity contribution is -0.135. The van der Waals surface area contributed by atoms with E-state index in [9.17, 15) is 14.4 Å². The SMILES string of the molecule is CCc1nc(NN2C(=O)C=C(C)C2=O)ncc1C(=O)OC1CC1. The van der Waals surface area contributed by atoms with Crippen molar-refractivity contribution in [2.75, 3.05) is 5.43 Å². The number of carbonyl (C=O) groups is 3. The van der Waals surface area contributed by atoms with E-state index in [1.54, 1.807) is 6.92 Å². The molecule has 23 heavy (non-hydrogen) atoms. The Morgan fingerprint density at radius 3 is 2.74 bits per heavy atom. The highest BCUT2D eigenvalue weighted by Gasteiger charge is 2.30. The van der Waals surface area contributed by atoms with E-state index in [1.807, 2.05) is 6.92 Å². The number of imide groups is 1. The summed E-state index contributed by atoms with van der Waals surface area (Å²) >= 11 is 0. The maximum absolute atomic E-state index is 12.0. The highest BCUT2D eigenvalue weighted by atomic mass is 16.5. The van der Waals surface area contributed by atoms with Gasteiger partial charge in [-0.1, -0.05) is 6.92 Å². The summed E-state index contributed by atoms with van der Waals surface area (Å²) in [5.41, 5.74) is 3.71. The lowest BCUT2D eigenvalue weighted by Crippen LogP contribution is -2.37. The van der Waals surface area contributed by atoms with Gasteiger partial charge in [0, 0.05) is 17.8 Å². The van der Waals surface area contributed by atoms with Crippen LogP contribution in [0.3, 0.4) is 0 Å². The highest BCUT2D eigenvalue weighted by Crippen LogP contribution is 2.25. The topological polar surface area (TPSA) is 101 Å². The first-order chi connectivity index (χ1) is 11.0. The normalized spacial score (nSPS) is 17.3. The van der Waals surface area contributed by atoms with Gasteiger partial charge in [0.2, 0.25) is 5.95 Å². The van der Waals surface area contributed by atoms with Gasteiger partial charge in [0.05, 0.1) is 11.3 Å². The molecule has 120 valence electrons. The van der Waals surface area contributed by atoms with Gasteiger partial charge in [-0.2, -0.15) is 5.01 Å². The van der Waals surface area contributed by atoms with Crippen LogP contribution >= 0.6 is 0 Å². The summed E-state index contributed by atoms with van der Waals surface area (Å²) in [6.45, 7) is 3.40. The second kappa shape index (κ2) is 5.79. The van der Waals surface area contributed by atoms with Gasteiger partial charge in [-0.05, 0) is 26.2 Å². The Morgan fingerprint density at radius 2 is 2.17 bits per heavy atom. The molecule has 0 spiro atoms. The zero-order valence-electron chi connectivity index (χ0n) is 12.8. The number of nitrogens with zero attached hydrogens (tertiary/aromatic N) is 3. The lowest BCUT2D eigenvalue weighted by Gasteiger charge is -2.16. The van der Waals surface area contributed by atoms with Gasteiger partial charge in [-0.3, -0.25) is 15.0 Å². The Kier molecular flexibility index (Phi) is 3.81. The summed E-state index contributed by atoms with van der Waals surface area (Å²) in [6.07, 6.45) is 4.85. The molecular formula is C15H16N4O4. The van der Waals surface area contributed by atoms with Crippen molar-refractivity contribution in [1.82, 2.24) is 15.0 Å². The summed E-state index contributed by atoms with van der Waals surface area (Å²) < 4.78 is 5.25.